The van der Waals surface area contributed by atoms with Gasteiger partial charge >= 0.3 is 0 Å². The van der Waals surface area contributed by atoms with Crippen LogP contribution >= 0.6 is 0 Å². The molecule has 0 spiro atoms. The van der Waals surface area contributed by atoms with Gasteiger partial charge in [-0.25, -0.2) is 0 Å². The summed E-state index contributed by atoms with van der Waals surface area (Å²) in [5, 5.41) is 14.6. The van der Waals surface area contributed by atoms with Crippen molar-refractivity contribution in [1.29, 1.82) is 0 Å². The number of nitrogens with one attached hydrogen (secondary N) is 1. The lowest BCUT2D eigenvalue weighted by Gasteiger charge is -2.06. The standard InChI is InChI=1S/C15H13N5O/c1-11(21)16-13-7-5-6-12(10-13)15-17-18-19-20(15)14-8-3-2-4-9-14/h2-10H,1H3,(H,16,21). The molecule has 0 saturated carbocycles. The fourth-order valence-electron chi connectivity index (χ4n) is 2.05. The van der Waals surface area contributed by atoms with E-state index in [0.29, 0.717) is 11.5 Å². The third-order valence-corrected chi connectivity index (χ3v) is 2.91. The van der Waals surface area contributed by atoms with E-state index < -0.39 is 0 Å². The lowest BCUT2D eigenvalue weighted by Crippen LogP contribution is -2.06. The molecule has 6 nitrogen and oxygen atoms in total. The van der Waals surface area contributed by atoms with Crippen molar-refractivity contribution >= 4 is 11.6 Å². The molecule has 0 saturated heterocycles. The van der Waals surface area contributed by atoms with Gasteiger partial charge in [0.15, 0.2) is 5.82 Å². The van der Waals surface area contributed by atoms with Crippen LogP contribution in [0.2, 0.25) is 0 Å². The molecular formula is C15H13N5O. The lowest BCUT2D eigenvalue weighted by molar-refractivity contribution is -0.114. The Bertz CT molecular complexity index is 766. The molecule has 0 aliphatic rings. The highest BCUT2D eigenvalue weighted by atomic mass is 16.1. The van der Waals surface area contributed by atoms with Gasteiger partial charge in [0.05, 0.1) is 5.69 Å². The highest BCUT2D eigenvalue weighted by Crippen LogP contribution is 2.22. The number of carbonyl (C=O) groups excluding carboxylic acids is 1. The first-order valence-electron chi connectivity index (χ1n) is 6.46. The number of aromatic nitrogens is 4. The summed E-state index contributed by atoms with van der Waals surface area (Å²) in [6.45, 7) is 1.47. The highest BCUT2D eigenvalue weighted by Gasteiger charge is 2.11. The summed E-state index contributed by atoms with van der Waals surface area (Å²) in [6, 6.07) is 17.1. The van der Waals surface area contributed by atoms with Gasteiger partial charge < -0.3 is 5.32 Å². The summed E-state index contributed by atoms with van der Waals surface area (Å²) < 4.78 is 1.66. The van der Waals surface area contributed by atoms with Crippen molar-refractivity contribution in [2.24, 2.45) is 0 Å². The summed E-state index contributed by atoms with van der Waals surface area (Å²) >= 11 is 0. The Kier molecular flexibility index (Phi) is 3.42. The second kappa shape index (κ2) is 5.54. The molecule has 0 unspecified atom stereocenters. The van der Waals surface area contributed by atoms with Crippen LogP contribution in [0.25, 0.3) is 17.1 Å². The average Bonchev–Trinajstić information content (AvgIpc) is 2.97. The first-order chi connectivity index (χ1) is 10.2. The second-order valence-corrected chi connectivity index (χ2v) is 4.51. The van der Waals surface area contributed by atoms with Gasteiger partial charge in [0.1, 0.15) is 0 Å². The zero-order valence-electron chi connectivity index (χ0n) is 11.4. The minimum absolute atomic E-state index is 0.116. The number of para-hydroxylation sites is 1. The monoisotopic (exact) mass is 279 g/mol. The van der Waals surface area contributed by atoms with E-state index in [1.165, 1.54) is 6.92 Å². The molecule has 6 heteroatoms. The van der Waals surface area contributed by atoms with Crippen LogP contribution in [0.3, 0.4) is 0 Å². The number of tetrazole rings is 1. The molecule has 1 N–H and O–H groups in total. The third-order valence-electron chi connectivity index (χ3n) is 2.91. The number of amides is 1. The molecule has 0 fully saturated rings. The van der Waals surface area contributed by atoms with Crippen molar-refractivity contribution in [1.82, 2.24) is 20.2 Å². The van der Waals surface area contributed by atoms with E-state index in [0.717, 1.165) is 11.3 Å². The van der Waals surface area contributed by atoms with Crippen LogP contribution in [0.15, 0.2) is 54.6 Å². The van der Waals surface area contributed by atoms with Crippen molar-refractivity contribution in [2.45, 2.75) is 6.92 Å². The minimum atomic E-state index is -0.116. The van der Waals surface area contributed by atoms with Gasteiger partial charge in [-0.1, -0.05) is 30.3 Å². The SMILES string of the molecule is CC(=O)Nc1cccc(-c2nnnn2-c2ccccc2)c1. The zero-order valence-corrected chi connectivity index (χ0v) is 11.4. The third kappa shape index (κ3) is 2.79. The normalized spacial score (nSPS) is 10.3. The predicted octanol–water partition coefficient (Wildman–Crippen LogP) is 2.29. The van der Waals surface area contributed by atoms with Crippen LogP contribution in [0, 0.1) is 0 Å². The quantitative estimate of drug-likeness (QED) is 0.798. The van der Waals surface area contributed by atoms with Crippen LogP contribution in [0.4, 0.5) is 5.69 Å². The minimum Gasteiger partial charge on any atom is -0.326 e. The Morgan fingerprint density at radius 2 is 1.90 bits per heavy atom. The molecule has 1 amide bonds. The summed E-state index contributed by atoms with van der Waals surface area (Å²) in [6.07, 6.45) is 0. The van der Waals surface area contributed by atoms with E-state index in [1.807, 2.05) is 54.6 Å². The van der Waals surface area contributed by atoms with Crippen molar-refractivity contribution < 1.29 is 4.79 Å². The number of hydrogen-bond donors (Lipinski definition) is 1. The zero-order chi connectivity index (χ0) is 14.7. The van der Waals surface area contributed by atoms with Crippen LogP contribution in [0.5, 0.6) is 0 Å². The van der Waals surface area contributed by atoms with E-state index in [4.69, 9.17) is 0 Å². The van der Waals surface area contributed by atoms with E-state index in [9.17, 15) is 4.79 Å². The van der Waals surface area contributed by atoms with Crippen molar-refractivity contribution in [2.75, 3.05) is 5.32 Å². The summed E-state index contributed by atoms with van der Waals surface area (Å²) in [4.78, 5) is 11.1. The second-order valence-electron chi connectivity index (χ2n) is 4.51. The maximum Gasteiger partial charge on any atom is 0.221 e. The van der Waals surface area contributed by atoms with E-state index in [-0.39, 0.29) is 5.91 Å². The summed E-state index contributed by atoms with van der Waals surface area (Å²) in [7, 11) is 0. The molecule has 2 aromatic carbocycles. The molecule has 104 valence electrons. The predicted molar refractivity (Wildman–Crippen MR) is 78.9 cm³/mol. The van der Waals surface area contributed by atoms with Crippen molar-refractivity contribution in [3.8, 4) is 17.1 Å². The van der Waals surface area contributed by atoms with Crippen molar-refractivity contribution in [3.05, 3.63) is 54.6 Å². The molecule has 0 aliphatic heterocycles. The topological polar surface area (TPSA) is 72.7 Å². The molecule has 3 rings (SSSR count). The van der Waals surface area contributed by atoms with E-state index in [2.05, 4.69) is 20.8 Å². The maximum absolute atomic E-state index is 11.1. The van der Waals surface area contributed by atoms with Gasteiger partial charge in [-0.05, 0) is 34.7 Å². The van der Waals surface area contributed by atoms with Gasteiger partial charge in [0, 0.05) is 18.2 Å². The Morgan fingerprint density at radius 3 is 2.67 bits per heavy atom. The molecule has 0 aliphatic carbocycles. The number of rotatable bonds is 3. The number of carbonyl (C=O) groups is 1. The fraction of sp³-hybridized carbons (Fsp3) is 0.0667. The van der Waals surface area contributed by atoms with E-state index >= 15 is 0 Å². The first-order valence-corrected chi connectivity index (χ1v) is 6.46. The Hall–Kier alpha value is -3.02. The Balaban J connectivity index is 2.02. The smallest absolute Gasteiger partial charge is 0.221 e. The molecule has 1 heterocycles. The lowest BCUT2D eigenvalue weighted by atomic mass is 10.2. The number of anilines is 1. The molecule has 0 radical (unpaired) electrons. The van der Waals surface area contributed by atoms with E-state index in [1.54, 1.807) is 4.68 Å². The summed E-state index contributed by atoms with van der Waals surface area (Å²) in [5.41, 5.74) is 2.42. The van der Waals surface area contributed by atoms with Crippen LogP contribution in [0.1, 0.15) is 6.92 Å². The van der Waals surface area contributed by atoms with Gasteiger partial charge in [0.25, 0.3) is 0 Å². The first kappa shape index (κ1) is 13.0. The fourth-order valence-corrected chi connectivity index (χ4v) is 2.05. The number of benzene rings is 2. The van der Waals surface area contributed by atoms with Crippen LogP contribution in [-0.2, 0) is 4.79 Å². The van der Waals surface area contributed by atoms with Gasteiger partial charge in [-0.2, -0.15) is 4.68 Å². The molecule has 21 heavy (non-hydrogen) atoms. The average molecular weight is 279 g/mol. The molecule has 3 aromatic rings. The maximum atomic E-state index is 11.1. The van der Waals surface area contributed by atoms with Gasteiger partial charge in [-0.3, -0.25) is 4.79 Å². The number of hydrogen-bond acceptors (Lipinski definition) is 4. The Morgan fingerprint density at radius 1 is 1.10 bits per heavy atom. The number of nitrogens with zero attached hydrogens (tertiary/aromatic N) is 4. The summed E-state index contributed by atoms with van der Waals surface area (Å²) in [5.74, 6) is 0.503. The van der Waals surface area contributed by atoms with Crippen LogP contribution < -0.4 is 5.32 Å². The largest absolute Gasteiger partial charge is 0.326 e. The van der Waals surface area contributed by atoms with Crippen LogP contribution in [-0.4, -0.2) is 26.1 Å². The molecule has 0 bridgehead atoms. The van der Waals surface area contributed by atoms with Crippen molar-refractivity contribution in [3.63, 3.8) is 0 Å². The molecule has 0 atom stereocenters. The Labute approximate surface area is 121 Å². The van der Waals surface area contributed by atoms with Gasteiger partial charge in [0.2, 0.25) is 5.91 Å². The van der Waals surface area contributed by atoms with Gasteiger partial charge in [-0.15, -0.1) is 5.10 Å². The molecular weight excluding hydrogens is 266 g/mol. The highest BCUT2D eigenvalue weighted by molar-refractivity contribution is 5.89. The molecule has 1 aromatic heterocycles.